The lowest BCUT2D eigenvalue weighted by Crippen LogP contribution is -2.10. The van der Waals surface area contributed by atoms with Crippen molar-refractivity contribution in [2.24, 2.45) is 0 Å². The molecule has 1 aliphatic heterocycles. The molecule has 0 bridgehead atoms. The van der Waals surface area contributed by atoms with Crippen LogP contribution >= 0.6 is 43.6 Å². The summed E-state index contributed by atoms with van der Waals surface area (Å²) in [5.74, 6) is 1.31. The van der Waals surface area contributed by atoms with Crippen LogP contribution < -0.4 is 0 Å². The lowest BCUT2D eigenvalue weighted by atomic mass is 10.1. The second kappa shape index (κ2) is 3.63. The molecule has 58 valence electrons. The fourth-order valence-electron chi connectivity index (χ4n) is 1.15. The molecule has 0 amide bonds. The lowest BCUT2D eigenvalue weighted by Gasteiger charge is -2.16. The van der Waals surface area contributed by atoms with E-state index >= 15 is 0 Å². The number of hydrogen-bond donors (Lipinski definition) is 0. The van der Waals surface area contributed by atoms with Crippen LogP contribution in [0.25, 0.3) is 0 Å². The van der Waals surface area contributed by atoms with Crippen molar-refractivity contribution in [3.05, 3.63) is 9.47 Å². The summed E-state index contributed by atoms with van der Waals surface area (Å²) in [7, 11) is 0. The topological polar surface area (TPSA) is 0 Å². The maximum absolute atomic E-state index is 3.38. The van der Waals surface area contributed by atoms with Crippen molar-refractivity contribution < 1.29 is 0 Å². The molecule has 1 unspecified atom stereocenters. The van der Waals surface area contributed by atoms with Crippen molar-refractivity contribution in [2.45, 2.75) is 24.5 Å². The minimum atomic E-state index is 0.377. The molecule has 1 fully saturated rings. The Hall–Kier alpha value is 1.05. The summed E-state index contributed by atoms with van der Waals surface area (Å²) in [5.41, 5.74) is 0. The number of hydrogen-bond acceptors (Lipinski definition) is 1. The SMILES string of the molecule is CC1(C=C(Br)Br)CCCS1. The zero-order valence-corrected chi connectivity index (χ0v) is 9.85. The van der Waals surface area contributed by atoms with E-state index in [0.717, 1.165) is 3.39 Å². The average Bonchev–Trinajstić information content (AvgIpc) is 2.12. The summed E-state index contributed by atoms with van der Waals surface area (Å²) in [6.07, 6.45) is 4.90. The molecular formula is C7H10Br2S. The molecule has 0 aromatic heterocycles. The van der Waals surface area contributed by atoms with Gasteiger partial charge in [-0.25, -0.2) is 0 Å². The Labute approximate surface area is 83.1 Å². The van der Waals surface area contributed by atoms with E-state index in [0.29, 0.717) is 4.75 Å². The molecule has 0 saturated carbocycles. The molecule has 0 aromatic carbocycles. The monoisotopic (exact) mass is 284 g/mol. The van der Waals surface area contributed by atoms with Crippen LogP contribution in [0.5, 0.6) is 0 Å². The standard InChI is InChI=1S/C7H10Br2S/c1-7(5-6(8)9)3-2-4-10-7/h5H,2-4H2,1H3. The van der Waals surface area contributed by atoms with Crippen LogP contribution in [0.15, 0.2) is 9.47 Å². The Morgan fingerprint density at radius 2 is 2.30 bits per heavy atom. The van der Waals surface area contributed by atoms with E-state index in [1.807, 2.05) is 11.8 Å². The van der Waals surface area contributed by atoms with Gasteiger partial charge in [0.1, 0.15) is 0 Å². The van der Waals surface area contributed by atoms with E-state index in [4.69, 9.17) is 0 Å². The fourth-order valence-corrected chi connectivity index (χ4v) is 3.70. The number of halogens is 2. The van der Waals surface area contributed by atoms with Crippen LogP contribution in [-0.4, -0.2) is 10.5 Å². The molecule has 0 N–H and O–H groups in total. The maximum Gasteiger partial charge on any atom is 0.0578 e. The number of rotatable bonds is 1. The van der Waals surface area contributed by atoms with Gasteiger partial charge in [-0.2, -0.15) is 11.8 Å². The third kappa shape index (κ3) is 2.59. The third-order valence-electron chi connectivity index (χ3n) is 1.66. The van der Waals surface area contributed by atoms with E-state index in [1.54, 1.807) is 0 Å². The van der Waals surface area contributed by atoms with Gasteiger partial charge in [0.05, 0.1) is 3.39 Å². The van der Waals surface area contributed by atoms with Gasteiger partial charge < -0.3 is 0 Å². The first-order chi connectivity index (χ1) is 4.62. The highest BCUT2D eigenvalue weighted by atomic mass is 79.9. The summed E-state index contributed by atoms with van der Waals surface area (Å²) < 4.78 is 1.46. The zero-order valence-electron chi connectivity index (χ0n) is 5.86. The highest BCUT2D eigenvalue weighted by Gasteiger charge is 2.26. The first kappa shape index (κ1) is 9.14. The van der Waals surface area contributed by atoms with Crippen molar-refractivity contribution >= 4 is 43.6 Å². The second-order valence-electron chi connectivity index (χ2n) is 2.70. The normalized spacial score (nSPS) is 32.3. The average molecular weight is 286 g/mol. The first-order valence-electron chi connectivity index (χ1n) is 3.30. The Balaban J connectivity index is 2.59. The van der Waals surface area contributed by atoms with Crippen LogP contribution in [0.4, 0.5) is 0 Å². The maximum atomic E-state index is 3.38. The predicted molar refractivity (Wildman–Crippen MR) is 56.0 cm³/mol. The molecule has 10 heavy (non-hydrogen) atoms. The third-order valence-corrected chi connectivity index (χ3v) is 3.60. The van der Waals surface area contributed by atoms with Gasteiger partial charge in [0.25, 0.3) is 0 Å². The molecule has 0 spiro atoms. The summed E-state index contributed by atoms with van der Waals surface area (Å²) in [6.45, 7) is 2.28. The van der Waals surface area contributed by atoms with E-state index < -0.39 is 0 Å². The largest absolute Gasteiger partial charge is 0.151 e. The van der Waals surface area contributed by atoms with Crippen molar-refractivity contribution in [1.82, 2.24) is 0 Å². The molecule has 0 nitrogen and oxygen atoms in total. The van der Waals surface area contributed by atoms with Crippen LogP contribution in [0.1, 0.15) is 19.8 Å². The van der Waals surface area contributed by atoms with Gasteiger partial charge in [-0.1, -0.05) is 0 Å². The molecule has 0 aliphatic carbocycles. The molecule has 1 saturated heterocycles. The summed E-state index contributed by atoms with van der Waals surface area (Å²) >= 11 is 8.80. The Morgan fingerprint density at radius 3 is 2.70 bits per heavy atom. The van der Waals surface area contributed by atoms with Gasteiger partial charge in [-0.05, 0) is 63.5 Å². The molecule has 1 atom stereocenters. The molecule has 1 rings (SSSR count). The second-order valence-corrected chi connectivity index (χ2v) is 7.10. The molecule has 3 heteroatoms. The van der Waals surface area contributed by atoms with Gasteiger partial charge in [-0.3, -0.25) is 0 Å². The van der Waals surface area contributed by atoms with Crippen LogP contribution in [0, 0.1) is 0 Å². The number of thioether (sulfide) groups is 1. The summed E-state index contributed by atoms with van der Waals surface area (Å²) in [4.78, 5) is 0. The van der Waals surface area contributed by atoms with Crippen molar-refractivity contribution in [1.29, 1.82) is 0 Å². The van der Waals surface area contributed by atoms with Crippen molar-refractivity contribution in [3.63, 3.8) is 0 Å². The molecule has 1 aliphatic rings. The smallest absolute Gasteiger partial charge is 0.0578 e. The van der Waals surface area contributed by atoms with Gasteiger partial charge in [0.15, 0.2) is 0 Å². The fraction of sp³-hybridized carbons (Fsp3) is 0.714. The molecule has 0 radical (unpaired) electrons. The first-order valence-corrected chi connectivity index (χ1v) is 5.87. The van der Waals surface area contributed by atoms with E-state index in [2.05, 4.69) is 44.9 Å². The van der Waals surface area contributed by atoms with Crippen LogP contribution in [-0.2, 0) is 0 Å². The van der Waals surface area contributed by atoms with E-state index in [-0.39, 0.29) is 0 Å². The Bertz CT molecular complexity index is 144. The lowest BCUT2D eigenvalue weighted by molar-refractivity contribution is 0.724. The van der Waals surface area contributed by atoms with Gasteiger partial charge in [0.2, 0.25) is 0 Å². The zero-order chi connectivity index (χ0) is 7.61. The van der Waals surface area contributed by atoms with Crippen molar-refractivity contribution in [3.8, 4) is 0 Å². The molecular weight excluding hydrogens is 276 g/mol. The summed E-state index contributed by atoms with van der Waals surface area (Å²) in [6, 6.07) is 0. The predicted octanol–water partition coefficient (Wildman–Crippen LogP) is 3.90. The molecule has 1 heterocycles. The summed E-state index contributed by atoms with van der Waals surface area (Å²) in [5, 5.41) is 0. The molecule has 0 aromatic rings. The highest BCUT2D eigenvalue weighted by Crippen LogP contribution is 2.40. The minimum Gasteiger partial charge on any atom is -0.151 e. The van der Waals surface area contributed by atoms with Crippen molar-refractivity contribution in [2.75, 3.05) is 5.75 Å². The van der Waals surface area contributed by atoms with Crippen LogP contribution in [0.3, 0.4) is 0 Å². The highest BCUT2D eigenvalue weighted by molar-refractivity contribution is 9.28. The van der Waals surface area contributed by atoms with E-state index in [1.165, 1.54) is 18.6 Å². The Kier molecular flexibility index (Phi) is 3.32. The minimum absolute atomic E-state index is 0.377. The Morgan fingerprint density at radius 1 is 1.60 bits per heavy atom. The van der Waals surface area contributed by atoms with Gasteiger partial charge in [0, 0.05) is 4.75 Å². The van der Waals surface area contributed by atoms with Gasteiger partial charge in [-0.15, -0.1) is 0 Å². The quantitative estimate of drug-likeness (QED) is 0.704. The van der Waals surface area contributed by atoms with Crippen LogP contribution in [0.2, 0.25) is 0 Å². The van der Waals surface area contributed by atoms with E-state index in [9.17, 15) is 0 Å². The van der Waals surface area contributed by atoms with Gasteiger partial charge >= 0.3 is 0 Å².